The summed E-state index contributed by atoms with van der Waals surface area (Å²) in [6.07, 6.45) is 7.06. The minimum atomic E-state index is 0.0760. The fourth-order valence-electron chi connectivity index (χ4n) is 3.33. The van der Waals surface area contributed by atoms with Gasteiger partial charge in [-0.05, 0) is 43.2 Å². The van der Waals surface area contributed by atoms with Crippen LogP contribution in [0.2, 0.25) is 0 Å². The maximum Gasteiger partial charge on any atom is 0.197 e. The van der Waals surface area contributed by atoms with Crippen LogP contribution in [0, 0.1) is 11.4 Å². The van der Waals surface area contributed by atoms with E-state index >= 15 is 0 Å². The lowest BCUT2D eigenvalue weighted by molar-refractivity contribution is 0.421. The van der Waals surface area contributed by atoms with Crippen molar-refractivity contribution in [3.63, 3.8) is 0 Å². The van der Waals surface area contributed by atoms with Gasteiger partial charge in [0.05, 0.1) is 12.2 Å². The summed E-state index contributed by atoms with van der Waals surface area (Å²) in [6, 6.07) is 10.7. The molecule has 1 aromatic heterocycles. The molecule has 0 saturated carbocycles. The van der Waals surface area contributed by atoms with E-state index in [1.54, 1.807) is 6.20 Å². The molecule has 148 valence electrons. The van der Waals surface area contributed by atoms with Crippen molar-refractivity contribution >= 4 is 5.95 Å². The van der Waals surface area contributed by atoms with Crippen molar-refractivity contribution in [1.82, 2.24) is 15.3 Å². The van der Waals surface area contributed by atoms with E-state index in [0.29, 0.717) is 17.8 Å². The molecular weight excluding hydrogens is 336 g/mol. The Balaban J connectivity index is 1.58. The minimum absolute atomic E-state index is 0.0760. The second-order valence-corrected chi connectivity index (χ2v) is 7.51. The second kappa shape index (κ2) is 11.5. The van der Waals surface area contributed by atoms with Gasteiger partial charge in [0, 0.05) is 12.2 Å². The summed E-state index contributed by atoms with van der Waals surface area (Å²) in [5.41, 5.74) is 15.5. The first-order valence-electron chi connectivity index (χ1n) is 10.0. The lowest BCUT2D eigenvalue weighted by Gasteiger charge is -2.21. The highest BCUT2D eigenvalue weighted by atomic mass is 15.0. The zero-order valence-electron chi connectivity index (χ0n) is 16.6. The van der Waals surface area contributed by atoms with Gasteiger partial charge in [-0.1, -0.05) is 57.0 Å². The first kappa shape index (κ1) is 21.1. The summed E-state index contributed by atoms with van der Waals surface area (Å²) >= 11 is 0. The number of benzene rings is 1. The normalized spacial score (nSPS) is 14.6. The van der Waals surface area contributed by atoms with Crippen molar-refractivity contribution in [2.75, 3.05) is 18.8 Å². The molecule has 3 atom stereocenters. The molecule has 6 heteroatoms. The van der Waals surface area contributed by atoms with Crippen molar-refractivity contribution in [3.05, 3.63) is 47.8 Å². The largest absolute Gasteiger partial charge is 0.369 e. The lowest BCUT2D eigenvalue weighted by atomic mass is 9.89. The molecule has 0 aliphatic carbocycles. The maximum absolute atomic E-state index is 7.44. The van der Waals surface area contributed by atoms with E-state index in [1.165, 1.54) is 5.56 Å². The van der Waals surface area contributed by atoms with Crippen molar-refractivity contribution in [2.45, 2.75) is 57.9 Å². The number of nitrogens with two attached hydrogens (primary N) is 1. The highest BCUT2D eigenvalue weighted by Gasteiger charge is 2.14. The van der Waals surface area contributed by atoms with Crippen molar-refractivity contribution in [3.8, 4) is 0 Å². The van der Waals surface area contributed by atoms with Crippen molar-refractivity contribution in [1.29, 1.82) is 5.53 Å². The van der Waals surface area contributed by atoms with Crippen LogP contribution in [0.1, 0.15) is 56.7 Å². The Hall–Kier alpha value is -2.21. The highest BCUT2D eigenvalue weighted by molar-refractivity contribution is 5.19. The van der Waals surface area contributed by atoms with E-state index in [2.05, 4.69) is 64.6 Å². The number of hydrogen-bond acceptors (Lipinski definition) is 5. The molecule has 0 aliphatic rings. The van der Waals surface area contributed by atoms with E-state index in [4.69, 9.17) is 11.3 Å². The Bertz CT molecular complexity index is 654. The van der Waals surface area contributed by atoms with Gasteiger partial charge in [-0.15, -0.1) is 0 Å². The molecule has 2 aromatic rings. The molecule has 1 heterocycles. The van der Waals surface area contributed by atoms with Gasteiger partial charge in [-0.3, -0.25) is 0 Å². The number of H-pyrrole nitrogens is 1. The van der Waals surface area contributed by atoms with Crippen LogP contribution in [0.3, 0.4) is 0 Å². The van der Waals surface area contributed by atoms with Gasteiger partial charge >= 0.3 is 0 Å². The molecule has 0 radical (unpaired) electrons. The Morgan fingerprint density at radius 1 is 1.15 bits per heavy atom. The molecule has 0 saturated heterocycles. The minimum Gasteiger partial charge on any atom is -0.369 e. The average molecular weight is 371 g/mol. The Kier molecular flexibility index (Phi) is 8.98. The van der Waals surface area contributed by atoms with Gasteiger partial charge in [0.25, 0.3) is 0 Å². The summed E-state index contributed by atoms with van der Waals surface area (Å²) in [4.78, 5) is 7.06. The van der Waals surface area contributed by atoms with Crippen LogP contribution >= 0.6 is 0 Å². The number of aromatic nitrogens is 2. The van der Waals surface area contributed by atoms with Crippen LogP contribution in [-0.2, 0) is 6.42 Å². The van der Waals surface area contributed by atoms with Crippen LogP contribution in [0.4, 0.5) is 5.95 Å². The summed E-state index contributed by atoms with van der Waals surface area (Å²) in [5, 5.41) is 7.32. The van der Waals surface area contributed by atoms with Crippen molar-refractivity contribution in [2.24, 2.45) is 11.0 Å². The number of aromatic amines is 1. The monoisotopic (exact) mass is 370 g/mol. The van der Waals surface area contributed by atoms with Gasteiger partial charge in [0.15, 0.2) is 5.95 Å². The summed E-state index contributed by atoms with van der Waals surface area (Å²) in [5.74, 6) is 1.54. The Morgan fingerprint density at radius 3 is 2.59 bits per heavy atom. The number of aryl methyl sites for hydroxylation is 1. The van der Waals surface area contributed by atoms with Gasteiger partial charge in [-0.2, -0.15) is 5.11 Å². The first-order valence-corrected chi connectivity index (χ1v) is 10.0. The number of imidazole rings is 1. The van der Waals surface area contributed by atoms with Gasteiger partial charge in [0.1, 0.15) is 0 Å². The molecule has 0 fully saturated rings. The highest BCUT2D eigenvalue weighted by Crippen LogP contribution is 2.23. The number of nitrogen functional groups attached to an aromatic ring is 1. The van der Waals surface area contributed by atoms with E-state index < -0.39 is 0 Å². The maximum atomic E-state index is 7.44. The van der Waals surface area contributed by atoms with E-state index in [1.807, 2.05) is 0 Å². The van der Waals surface area contributed by atoms with Crippen LogP contribution < -0.4 is 11.1 Å². The lowest BCUT2D eigenvalue weighted by Crippen LogP contribution is -2.30. The second-order valence-electron chi connectivity index (χ2n) is 7.51. The zero-order chi connectivity index (χ0) is 19.5. The molecule has 3 unspecified atom stereocenters. The van der Waals surface area contributed by atoms with Crippen LogP contribution in [0.25, 0.3) is 0 Å². The molecule has 0 spiro atoms. The molecule has 1 aromatic carbocycles. The summed E-state index contributed by atoms with van der Waals surface area (Å²) < 4.78 is 0. The topological polar surface area (TPSA) is 103 Å². The van der Waals surface area contributed by atoms with E-state index in [9.17, 15) is 0 Å². The molecule has 2 rings (SSSR count). The third-order valence-corrected chi connectivity index (χ3v) is 5.34. The number of anilines is 1. The van der Waals surface area contributed by atoms with Gasteiger partial charge in [-0.25, -0.2) is 10.5 Å². The van der Waals surface area contributed by atoms with E-state index in [-0.39, 0.29) is 6.04 Å². The predicted molar refractivity (Wildman–Crippen MR) is 111 cm³/mol. The number of unbranched alkanes of at least 4 members (excludes halogenated alkanes) is 2. The van der Waals surface area contributed by atoms with Crippen LogP contribution in [0.5, 0.6) is 0 Å². The van der Waals surface area contributed by atoms with Crippen LogP contribution in [-0.4, -0.2) is 29.1 Å². The average Bonchev–Trinajstić information content (AvgIpc) is 3.11. The molecule has 27 heavy (non-hydrogen) atoms. The van der Waals surface area contributed by atoms with Gasteiger partial charge < -0.3 is 16.0 Å². The fourth-order valence-corrected chi connectivity index (χ4v) is 3.33. The third kappa shape index (κ3) is 7.51. The molecule has 6 nitrogen and oxygen atoms in total. The Morgan fingerprint density at radius 2 is 1.93 bits per heavy atom. The first-order chi connectivity index (χ1) is 13.1. The number of nitrogens with zero attached hydrogens (tertiary/aromatic N) is 2. The summed E-state index contributed by atoms with van der Waals surface area (Å²) in [6.45, 7) is 6.29. The quantitative estimate of drug-likeness (QED) is 0.308. The molecule has 0 amide bonds. The number of rotatable bonds is 13. The zero-order valence-corrected chi connectivity index (χ0v) is 16.6. The van der Waals surface area contributed by atoms with Gasteiger partial charge in [0.2, 0.25) is 0 Å². The fraction of sp³-hybridized carbons (Fsp3) is 0.571. The van der Waals surface area contributed by atoms with Crippen LogP contribution in [0.15, 0.2) is 41.6 Å². The molecule has 0 aliphatic heterocycles. The SMILES string of the molecule is CC(CNCC(CCCCCc1cnc(N)[nH]1)N=N)C(C)c1ccccc1. The predicted octanol–water partition coefficient (Wildman–Crippen LogP) is 4.52. The third-order valence-electron chi connectivity index (χ3n) is 5.34. The number of nitrogens with one attached hydrogen (secondary N) is 3. The van der Waals surface area contributed by atoms with Crippen molar-refractivity contribution < 1.29 is 0 Å². The number of hydrogen-bond donors (Lipinski definition) is 4. The Labute approximate surface area is 162 Å². The summed E-state index contributed by atoms with van der Waals surface area (Å²) in [7, 11) is 0. The molecule has 5 N–H and O–H groups in total. The van der Waals surface area contributed by atoms with E-state index in [0.717, 1.165) is 50.9 Å². The molecule has 0 bridgehead atoms. The smallest absolute Gasteiger partial charge is 0.197 e. The standard InChI is InChI=1S/C21H34N6/c1-16(17(2)18-9-5-3-6-10-18)13-24-14-20(27-23)12-8-4-7-11-19-15-25-21(22)26-19/h3,5-6,9-10,15-17,20,23-24H,4,7-8,11-14H2,1-2H3,(H3,22,25,26). The molecular formula is C21H34N6.